The summed E-state index contributed by atoms with van der Waals surface area (Å²) in [4.78, 5) is 16.2. The Morgan fingerprint density at radius 1 is 1.73 bits per heavy atom. The van der Waals surface area contributed by atoms with Crippen molar-refractivity contribution in [3.8, 4) is 0 Å². The van der Waals surface area contributed by atoms with E-state index in [1.807, 2.05) is 0 Å². The molecule has 0 saturated carbocycles. The fourth-order valence-corrected chi connectivity index (χ4v) is 0.651. The van der Waals surface area contributed by atoms with Crippen molar-refractivity contribution in [3.05, 3.63) is 5.69 Å². The molecular formula is C4H7N5O2. The average molecular weight is 157 g/mol. The minimum atomic E-state index is -1.16. The predicted molar refractivity (Wildman–Crippen MR) is 37.8 cm³/mol. The second-order valence-corrected chi connectivity index (χ2v) is 1.80. The van der Waals surface area contributed by atoms with Crippen molar-refractivity contribution in [2.45, 2.75) is 0 Å². The van der Waals surface area contributed by atoms with E-state index in [1.54, 1.807) is 0 Å². The summed E-state index contributed by atoms with van der Waals surface area (Å²) in [6.07, 6.45) is 0. The normalized spacial score (nSPS) is 9.55. The number of nitrogens with zero attached hydrogens (tertiary/aromatic N) is 1. The summed E-state index contributed by atoms with van der Waals surface area (Å²) in [5.41, 5.74) is 7.11. The van der Waals surface area contributed by atoms with Gasteiger partial charge in [-0.05, 0) is 0 Å². The van der Waals surface area contributed by atoms with Gasteiger partial charge in [0.1, 0.15) is 0 Å². The van der Waals surface area contributed by atoms with Crippen LogP contribution >= 0.6 is 0 Å². The lowest BCUT2D eigenvalue weighted by Gasteiger charge is -1.92. The maximum atomic E-state index is 10.4. The van der Waals surface area contributed by atoms with Gasteiger partial charge in [0.15, 0.2) is 17.5 Å². The number of imidazole rings is 1. The first-order valence-corrected chi connectivity index (χ1v) is 2.70. The van der Waals surface area contributed by atoms with Gasteiger partial charge in [-0.3, -0.25) is 0 Å². The van der Waals surface area contributed by atoms with Crippen molar-refractivity contribution in [3.63, 3.8) is 0 Å². The van der Waals surface area contributed by atoms with Gasteiger partial charge in [-0.25, -0.2) is 10.6 Å². The Kier molecular flexibility index (Phi) is 1.65. The summed E-state index contributed by atoms with van der Waals surface area (Å²) in [6.45, 7) is 0. The molecule has 0 unspecified atom stereocenters. The number of nitrogens with two attached hydrogens (primary N) is 2. The van der Waals surface area contributed by atoms with E-state index in [1.165, 1.54) is 0 Å². The highest BCUT2D eigenvalue weighted by atomic mass is 16.4. The molecule has 60 valence electrons. The molecule has 0 spiro atoms. The molecule has 0 aliphatic carbocycles. The second kappa shape index (κ2) is 2.46. The number of nitrogen functional groups attached to an aromatic ring is 2. The van der Waals surface area contributed by atoms with Gasteiger partial charge >= 0.3 is 5.97 Å². The third-order valence-electron chi connectivity index (χ3n) is 1.07. The van der Waals surface area contributed by atoms with E-state index in [0.717, 1.165) is 0 Å². The summed E-state index contributed by atoms with van der Waals surface area (Å²) >= 11 is 0. The number of carboxylic acid groups (broad SMARTS) is 1. The number of H-pyrrole nitrogens is 1. The number of aromatic amines is 1. The first-order valence-electron chi connectivity index (χ1n) is 2.70. The standard InChI is InChI=1S/C4H7N5O2/c5-4-7-1(3(10)11)2(8-4)9-6/h9H,6H2,(H,10,11)(H3,5,7,8). The van der Waals surface area contributed by atoms with E-state index in [2.05, 4.69) is 15.4 Å². The Hall–Kier alpha value is -1.76. The van der Waals surface area contributed by atoms with E-state index in [-0.39, 0.29) is 17.5 Å². The molecule has 7 heteroatoms. The monoisotopic (exact) mass is 157 g/mol. The van der Waals surface area contributed by atoms with Crippen molar-refractivity contribution in [2.24, 2.45) is 5.84 Å². The average Bonchev–Trinajstić information content (AvgIpc) is 2.30. The molecule has 1 aromatic heterocycles. The highest BCUT2D eigenvalue weighted by Crippen LogP contribution is 2.11. The molecule has 7 nitrogen and oxygen atoms in total. The van der Waals surface area contributed by atoms with Crippen molar-refractivity contribution in [2.75, 3.05) is 11.2 Å². The smallest absolute Gasteiger partial charge is 0.356 e. The SMILES string of the molecule is NNc1nc(N)[nH]c1C(=O)O. The zero-order valence-electron chi connectivity index (χ0n) is 5.46. The lowest BCUT2D eigenvalue weighted by molar-refractivity contribution is 0.0692. The molecule has 0 radical (unpaired) electrons. The van der Waals surface area contributed by atoms with Crippen LogP contribution in [0.2, 0.25) is 0 Å². The molecule has 1 aromatic rings. The van der Waals surface area contributed by atoms with Gasteiger partial charge in [0.05, 0.1) is 0 Å². The number of carbonyl (C=O) groups is 1. The maximum Gasteiger partial charge on any atom is 0.356 e. The summed E-state index contributed by atoms with van der Waals surface area (Å²) in [6, 6.07) is 0. The van der Waals surface area contributed by atoms with E-state index in [0.29, 0.717) is 0 Å². The summed E-state index contributed by atoms with van der Waals surface area (Å²) in [5, 5.41) is 8.49. The molecule has 0 aromatic carbocycles. The van der Waals surface area contributed by atoms with Gasteiger partial charge in [-0.1, -0.05) is 0 Å². The van der Waals surface area contributed by atoms with Gasteiger partial charge in [0, 0.05) is 0 Å². The first kappa shape index (κ1) is 7.35. The Morgan fingerprint density at radius 2 is 2.36 bits per heavy atom. The quantitative estimate of drug-likeness (QED) is 0.276. The lowest BCUT2D eigenvalue weighted by atomic mass is 10.4. The van der Waals surface area contributed by atoms with Crippen LogP contribution in [0, 0.1) is 0 Å². The number of hydrazine groups is 1. The van der Waals surface area contributed by atoms with Crippen molar-refractivity contribution >= 4 is 17.7 Å². The van der Waals surface area contributed by atoms with Crippen molar-refractivity contribution < 1.29 is 9.90 Å². The zero-order chi connectivity index (χ0) is 8.43. The fourth-order valence-electron chi connectivity index (χ4n) is 0.651. The maximum absolute atomic E-state index is 10.4. The molecule has 1 rings (SSSR count). The fraction of sp³-hybridized carbons (Fsp3) is 0. The lowest BCUT2D eigenvalue weighted by Crippen LogP contribution is -2.11. The van der Waals surface area contributed by atoms with Crippen molar-refractivity contribution in [1.29, 1.82) is 0 Å². The molecule has 7 N–H and O–H groups in total. The van der Waals surface area contributed by atoms with Gasteiger partial charge < -0.3 is 21.2 Å². The summed E-state index contributed by atoms with van der Waals surface area (Å²) in [7, 11) is 0. The third kappa shape index (κ3) is 1.22. The highest BCUT2D eigenvalue weighted by molar-refractivity contribution is 5.91. The van der Waals surface area contributed by atoms with Crippen LogP contribution in [0.3, 0.4) is 0 Å². The Bertz CT molecular complexity index is 280. The molecule has 0 saturated heterocycles. The van der Waals surface area contributed by atoms with Crippen LogP contribution in [0.4, 0.5) is 11.8 Å². The van der Waals surface area contributed by atoms with Crippen molar-refractivity contribution in [1.82, 2.24) is 9.97 Å². The number of aromatic nitrogens is 2. The Labute approximate surface area is 61.4 Å². The molecule has 0 bridgehead atoms. The summed E-state index contributed by atoms with van der Waals surface area (Å²) in [5.74, 6) is 3.82. The number of aromatic carboxylic acids is 1. The van der Waals surface area contributed by atoms with Crippen LogP contribution in [0.25, 0.3) is 0 Å². The van der Waals surface area contributed by atoms with Gasteiger partial charge in [0.25, 0.3) is 0 Å². The largest absolute Gasteiger partial charge is 0.476 e. The molecule has 0 amide bonds. The van der Waals surface area contributed by atoms with Crippen LogP contribution in [-0.2, 0) is 0 Å². The number of hydrogen-bond acceptors (Lipinski definition) is 5. The van der Waals surface area contributed by atoms with Gasteiger partial charge in [0.2, 0.25) is 0 Å². The van der Waals surface area contributed by atoms with Crippen LogP contribution in [0.5, 0.6) is 0 Å². The minimum absolute atomic E-state index is 0.00958. The van der Waals surface area contributed by atoms with Crippen LogP contribution in [0.15, 0.2) is 0 Å². The van der Waals surface area contributed by atoms with E-state index >= 15 is 0 Å². The number of rotatable bonds is 2. The number of anilines is 2. The van der Waals surface area contributed by atoms with E-state index in [4.69, 9.17) is 16.7 Å². The highest BCUT2D eigenvalue weighted by Gasteiger charge is 2.13. The third-order valence-corrected chi connectivity index (χ3v) is 1.07. The summed E-state index contributed by atoms with van der Waals surface area (Å²) < 4.78 is 0. The second-order valence-electron chi connectivity index (χ2n) is 1.80. The van der Waals surface area contributed by atoms with Crippen LogP contribution < -0.4 is 17.0 Å². The molecule has 1 heterocycles. The van der Waals surface area contributed by atoms with E-state index < -0.39 is 5.97 Å². The Morgan fingerprint density at radius 3 is 2.73 bits per heavy atom. The van der Waals surface area contributed by atoms with Crippen LogP contribution in [0.1, 0.15) is 10.5 Å². The Balaban J connectivity index is 3.12. The number of nitrogens with one attached hydrogen (secondary N) is 2. The van der Waals surface area contributed by atoms with Gasteiger partial charge in [-0.15, -0.1) is 0 Å². The zero-order valence-corrected chi connectivity index (χ0v) is 5.46. The van der Waals surface area contributed by atoms with E-state index in [9.17, 15) is 4.79 Å². The minimum Gasteiger partial charge on any atom is -0.476 e. The molecule has 0 fully saturated rings. The number of hydrogen-bond donors (Lipinski definition) is 5. The topological polar surface area (TPSA) is 130 Å². The predicted octanol–water partition coefficient (Wildman–Crippen LogP) is -1.02. The number of carboxylic acids is 1. The molecule has 11 heavy (non-hydrogen) atoms. The molecule has 0 aliphatic heterocycles. The molecule has 0 atom stereocenters. The molecular weight excluding hydrogens is 150 g/mol. The van der Waals surface area contributed by atoms with Gasteiger partial charge in [-0.2, -0.15) is 4.98 Å². The molecule has 0 aliphatic rings. The van der Waals surface area contributed by atoms with Crippen LogP contribution in [-0.4, -0.2) is 21.0 Å². The first-order chi connectivity index (χ1) is 5.15.